The molecule has 0 radical (unpaired) electrons. The van der Waals surface area contributed by atoms with Crippen molar-refractivity contribution in [3.63, 3.8) is 0 Å². The van der Waals surface area contributed by atoms with Gasteiger partial charge in [0, 0.05) is 43.2 Å². The third kappa shape index (κ3) is 7.92. The van der Waals surface area contributed by atoms with Crippen LogP contribution in [0.3, 0.4) is 0 Å². The minimum Gasteiger partial charge on any atom is -0.392 e. The molecule has 3 atom stereocenters. The van der Waals surface area contributed by atoms with Crippen LogP contribution in [-0.2, 0) is 22.6 Å². The van der Waals surface area contributed by atoms with Crippen molar-refractivity contribution in [1.82, 2.24) is 20.6 Å². The van der Waals surface area contributed by atoms with Crippen LogP contribution in [0, 0.1) is 0 Å². The molecule has 41 heavy (non-hydrogen) atoms. The van der Waals surface area contributed by atoms with E-state index < -0.39 is 6.29 Å². The Morgan fingerprint density at radius 3 is 2.41 bits per heavy atom. The molecule has 3 unspecified atom stereocenters. The molecule has 8 nitrogen and oxygen atoms in total. The molecule has 0 saturated carbocycles. The van der Waals surface area contributed by atoms with Crippen LogP contribution in [0.25, 0.3) is 11.1 Å². The lowest BCUT2D eigenvalue weighted by Crippen LogP contribution is -2.34. The van der Waals surface area contributed by atoms with Crippen molar-refractivity contribution < 1.29 is 19.4 Å². The van der Waals surface area contributed by atoms with E-state index in [0.717, 1.165) is 33.4 Å². The Morgan fingerprint density at radius 2 is 1.66 bits per heavy atom. The average molecular weight is 571 g/mol. The van der Waals surface area contributed by atoms with Gasteiger partial charge >= 0.3 is 6.03 Å². The lowest BCUT2D eigenvalue weighted by atomic mass is 9.99. The molecule has 212 valence electrons. The molecule has 4 aromatic rings. The molecule has 1 aromatic heterocycles. The standard InChI is InChI=1S/C32H34N4O4S/c1-2-33-31(38)36-19-23-6-3-7-25(16-23)26-8-4-9-27(17-26)30-39-28(21-41-32-34-14-5-15-35-32)18-29(40-30)24-12-10-22(20-37)11-13-24/h3-17,28-30,37H,2,18-21H2,1H3,(H2,33,36,38). The van der Waals surface area contributed by atoms with Crippen molar-refractivity contribution in [2.75, 3.05) is 12.3 Å². The van der Waals surface area contributed by atoms with Crippen molar-refractivity contribution >= 4 is 17.8 Å². The second-order valence-electron chi connectivity index (χ2n) is 9.73. The number of hydrogen-bond acceptors (Lipinski definition) is 7. The maximum atomic E-state index is 11.8. The fraction of sp³-hybridized carbons (Fsp3) is 0.281. The van der Waals surface area contributed by atoms with Gasteiger partial charge in [0.05, 0.1) is 18.8 Å². The lowest BCUT2D eigenvalue weighted by Gasteiger charge is -2.36. The second kappa shape index (κ2) is 14.2. The van der Waals surface area contributed by atoms with Crippen LogP contribution in [0.2, 0.25) is 0 Å². The SMILES string of the molecule is CCNC(=O)NCc1cccc(-c2cccc(C3OC(CSc4ncccn4)CC(c4ccc(CO)cc4)O3)c2)c1. The summed E-state index contributed by atoms with van der Waals surface area (Å²) in [5.41, 5.74) is 5.92. The molecule has 5 rings (SSSR count). The van der Waals surface area contributed by atoms with Gasteiger partial charge in [0.1, 0.15) is 0 Å². The Labute approximate surface area is 244 Å². The first-order valence-electron chi connectivity index (χ1n) is 13.7. The fourth-order valence-electron chi connectivity index (χ4n) is 4.68. The number of aromatic nitrogens is 2. The van der Waals surface area contributed by atoms with E-state index in [1.807, 2.05) is 55.5 Å². The van der Waals surface area contributed by atoms with E-state index in [9.17, 15) is 9.90 Å². The van der Waals surface area contributed by atoms with Gasteiger partial charge in [-0.3, -0.25) is 0 Å². The number of aliphatic hydroxyl groups is 1. The van der Waals surface area contributed by atoms with Gasteiger partial charge in [0.15, 0.2) is 11.4 Å². The maximum absolute atomic E-state index is 11.8. The quantitative estimate of drug-likeness (QED) is 0.164. The Bertz CT molecular complexity index is 1420. The summed E-state index contributed by atoms with van der Waals surface area (Å²) in [6, 6.07) is 25.8. The third-order valence-electron chi connectivity index (χ3n) is 6.76. The van der Waals surface area contributed by atoms with Gasteiger partial charge in [-0.05, 0) is 52.9 Å². The summed E-state index contributed by atoms with van der Waals surface area (Å²) in [4.78, 5) is 20.5. The number of ether oxygens (including phenoxy) is 2. The van der Waals surface area contributed by atoms with Crippen molar-refractivity contribution in [2.45, 2.75) is 50.2 Å². The van der Waals surface area contributed by atoms with Gasteiger partial charge < -0.3 is 25.2 Å². The van der Waals surface area contributed by atoms with Crippen molar-refractivity contribution in [1.29, 1.82) is 0 Å². The van der Waals surface area contributed by atoms with Crippen LogP contribution in [-0.4, -0.2) is 39.5 Å². The normalized spacial score (nSPS) is 18.5. The monoisotopic (exact) mass is 570 g/mol. The summed E-state index contributed by atoms with van der Waals surface area (Å²) in [5.74, 6) is 0.690. The number of thioether (sulfide) groups is 1. The van der Waals surface area contributed by atoms with E-state index in [1.165, 1.54) is 0 Å². The van der Waals surface area contributed by atoms with Gasteiger partial charge in [-0.2, -0.15) is 0 Å². The molecule has 3 N–H and O–H groups in total. The van der Waals surface area contributed by atoms with Crippen molar-refractivity contribution in [3.05, 3.63) is 114 Å². The molecule has 0 aliphatic carbocycles. The Hall–Kier alpha value is -3.76. The summed E-state index contributed by atoms with van der Waals surface area (Å²) >= 11 is 1.57. The van der Waals surface area contributed by atoms with Crippen molar-refractivity contribution in [3.8, 4) is 11.1 Å². The Balaban J connectivity index is 1.35. The average Bonchev–Trinajstić information content (AvgIpc) is 3.03. The summed E-state index contributed by atoms with van der Waals surface area (Å²) < 4.78 is 13.0. The number of aliphatic hydroxyl groups excluding tert-OH is 1. The summed E-state index contributed by atoms with van der Waals surface area (Å²) in [6.07, 6.45) is 3.36. The number of hydrogen-bond donors (Lipinski definition) is 3. The highest BCUT2D eigenvalue weighted by molar-refractivity contribution is 7.99. The van der Waals surface area contributed by atoms with E-state index in [0.29, 0.717) is 30.4 Å². The van der Waals surface area contributed by atoms with Crippen LogP contribution in [0.15, 0.2) is 96.4 Å². The summed E-state index contributed by atoms with van der Waals surface area (Å²) in [7, 11) is 0. The van der Waals surface area contributed by atoms with Crippen LogP contribution in [0.5, 0.6) is 0 Å². The van der Waals surface area contributed by atoms with Crippen LogP contribution < -0.4 is 10.6 Å². The number of carbonyl (C=O) groups is 1. The number of urea groups is 1. The number of amides is 2. The van der Waals surface area contributed by atoms with Gasteiger partial charge in [-0.1, -0.05) is 72.4 Å². The van der Waals surface area contributed by atoms with Gasteiger partial charge in [-0.15, -0.1) is 0 Å². The molecule has 0 spiro atoms. The number of carbonyl (C=O) groups excluding carboxylic acids is 1. The second-order valence-corrected chi connectivity index (χ2v) is 10.7. The molecule has 0 bridgehead atoms. The molecule has 2 amide bonds. The topological polar surface area (TPSA) is 106 Å². The fourth-order valence-corrected chi connectivity index (χ4v) is 5.50. The predicted molar refractivity (Wildman–Crippen MR) is 159 cm³/mol. The summed E-state index contributed by atoms with van der Waals surface area (Å²) in [6.45, 7) is 2.92. The zero-order valence-corrected chi connectivity index (χ0v) is 23.7. The van der Waals surface area contributed by atoms with E-state index in [2.05, 4.69) is 44.9 Å². The zero-order chi connectivity index (χ0) is 28.4. The smallest absolute Gasteiger partial charge is 0.315 e. The largest absolute Gasteiger partial charge is 0.392 e. The Kier molecular flexibility index (Phi) is 9.98. The summed E-state index contributed by atoms with van der Waals surface area (Å²) in [5, 5.41) is 15.8. The molecule has 2 heterocycles. The first kappa shape index (κ1) is 28.8. The first-order valence-corrected chi connectivity index (χ1v) is 14.7. The number of nitrogens with zero attached hydrogens (tertiary/aromatic N) is 2. The van der Waals surface area contributed by atoms with E-state index in [-0.39, 0.29) is 24.8 Å². The molecule has 1 aliphatic rings. The van der Waals surface area contributed by atoms with Gasteiger partial charge in [-0.25, -0.2) is 14.8 Å². The minimum absolute atomic E-state index is 0.00384. The van der Waals surface area contributed by atoms with Gasteiger partial charge in [0.2, 0.25) is 0 Å². The molecular formula is C32H34N4O4S. The molecule has 9 heteroatoms. The van der Waals surface area contributed by atoms with Gasteiger partial charge in [0.25, 0.3) is 0 Å². The van der Waals surface area contributed by atoms with E-state index in [4.69, 9.17) is 9.47 Å². The van der Waals surface area contributed by atoms with Crippen LogP contribution in [0.4, 0.5) is 4.79 Å². The first-order chi connectivity index (χ1) is 20.1. The third-order valence-corrected chi connectivity index (χ3v) is 7.77. The molecular weight excluding hydrogens is 536 g/mol. The maximum Gasteiger partial charge on any atom is 0.315 e. The number of rotatable bonds is 10. The van der Waals surface area contributed by atoms with E-state index >= 15 is 0 Å². The zero-order valence-electron chi connectivity index (χ0n) is 22.9. The predicted octanol–water partition coefficient (Wildman–Crippen LogP) is 5.79. The highest BCUT2D eigenvalue weighted by Crippen LogP contribution is 2.40. The lowest BCUT2D eigenvalue weighted by molar-refractivity contribution is -0.245. The highest BCUT2D eigenvalue weighted by Gasteiger charge is 2.32. The molecule has 1 saturated heterocycles. The molecule has 3 aromatic carbocycles. The Morgan fingerprint density at radius 1 is 0.902 bits per heavy atom. The van der Waals surface area contributed by atoms with Crippen molar-refractivity contribution in [2.24, 2.45) is 0 Å². The van der Waals surface area contributed by atoms with Crippen LogP contribution in [0.1, 0.15) is 48.0 Å². The number of nitrogens with one attached hydrogen (secondary N) is 2. The number of benzene rings is 3. The van der Waals surface area contributed by atoms with Crippen LogP contribution >= 0.6 is 11.8 Å². The molecule has 1 fully saturated rings. The van der Waals surface area contributed by atoms with E-state index in [1.54, 1.807) is 30.2 Å². The highest BCUT2D eigenvalue weighted by atomic mass is 32.2. The molecule has 1 aliphatic heterocycles. The minimum atomic E-state index is -0.559.